The van der Waals surface area contributed by atoms with Gasteiger partial charge in [-0.2, -0.15) is 0 Å². The molecule has 0 atom stereocenters. The molecule has 0 nitrogen and oxygen atoms in total. The van der Waals surface area contributed by atoms with Gasteiger partial charge in [0.15, 0.2) is 0 Å². The van der Waals surface area contributed by atoms with Crippen LogP contribution < -0.4 is 0 Å². The maximum Gasteiger partial charge on any atom is 0.135 e. The van der Waals surface area contributed by atoms with Crippen molar-refractivity contribution in [2.45, 2.75) is 71.1 Å². The molecule has 4 rings (SSSR count). The van der Waals surface area contributed by atoms with Crippen LogP contribution in [-0.4, -0.2) is 0 Å². The summed E-state index contributed by atoms with van der Waals surface area (Å²) in [5, 5.41) is 0. The molecule has 0 aromatic heterocycles. The van der Waals surface area contributed by atoms with Crippen LogP contribution in [0.25, 0.3) is 22.3 Å². The molecule has 0 heterocycles. The molecule has 1 aliphatic carbocycles. The van der Waals surface area contributed by atoms with Gasteiger partial charge in [-0.15, -0.1) is 0 Å². The summed E-state index contributed by atoms with van der Waals surface area (Å²) in [5.74, 6) is 0.343. The molecule has 3 aromatic rings. The Morgan fingerprint density at radius 1 is 0.667 bits per heavy atom. The maximum absolute atomic E-state index is 15.7. The van der Waals surface area contributed by atoms with Gasteiger partial charge in [-0.05, 0) is 77.8 Å². The number of aryl methyl sites for hydroxylation is 2. The fourth-order valence-electron chi connectivity index (χ4n) is 4.30. The van der Waals surface area contributed by atoms with Crippen LogP contribution in [-0.2, 0) is 12.8 Å². The topological polar surface area (TPSA) is 0 Å². The quantitative estimate of drug-likeness (QED) is 0.337. The lowest BCUT2D eigenvalue weighted by atomic mass is 9.91. The van der Waals surface area contributed by atoms with Gasteiger partial charge in [-0.3, -0.25) is 0 Å². The second-order valence-electron chi connectivity index (χ2n) is 8.76. The van der Waals surface area contributed by atoms with Crippen LogP contribution in [0.4, 0.5) is 4.39 Å². The van der Waals surface area contributed by atoms with Gasteiger partial charge < -0.3 is 0 Å². The minimum Gasteiger partial charge on any atom is -0.206 e. The Labute approximate surface area is 181 Å². The molecule has 0 amide bonds. The van der Waals surface area contributed by atoms with Crippen molar-refractivity contribution < 1.29 is 4.39 Å². The summed E-state index contributed by atoms with van der Waals surface area (Å²) >= 11 is 0. The first-order valence-electron chi connectivity index (χ1n) is 11.7. The first-order chi connectivity index (χ1) is 14.7. The van der Waals surface area contributed by atoms with Crippen molar-refractivity contribution >= 4 is 0 Å². The van der Waals surface area contributed by atoms with Gasteiger partial charge in [-0.1, -0.05) is 87.4 Å². The van der Waals surface area contributed by atoms with E-state index >= 15 is 4.39 Å². The van der Waals surface area contributed by atoms with E-state index in [-0.39, 0.29) is 5.82 Å². The predicted octanol–water partition coefficient (Wildman–Crippen LogP) is 8.72. The average Bonchev–Trinajstić information content (AvgIpc) is 3.62. The smallest absolute Gasteiger partial charge is 0.135 e. The lowest BCUT2D eigenvalue weighted by Crippen LogP contribution is -1.97. The summed E-state index contributed by atoms with van der Waals surface area (Å²) < 4.78 is 15.7. The number of rotatable bonds is 9. The molecule has 0 saturated heterocycles. The van der Waals surface area contributed by atoms with E-state index in [0.717, 1.165) is 53.5 Å². The minimum atomic E-state index is -0.0219. The summed E-state index contributed by atoms with van der Waals surface area (Å²) in [6.07, 6.45) is 9.23. The average molecular weight is 401 g/mol. The highest BCUT2D eigenvalue weighted by atomic mass is 19.1. The summed E-state index contributed by atoms with van der Waals surface area (Å²) in [5.41, 5.74) is 7.55. The van der Waals surface area contributed by atoms with Gasteiger partial charge >= 0.3 is 0 Å². The Hall–Kier alpha value is -2.41. The lowest BCUT2D eigenvalue weighted by molar-refractivity contribution is 0.615. The highest BCUT2D eigenvalue weighted by molar-refractivity contribution is 5.75. The molecule has 0 bridgehead atoms. The van der Waals surface area contributed by atoms with Crippen LogP contribution in [0.5, 0.6) is 0 Å². The van der Waals surface area contributed by atoms with Crippen molar-refractivity contribution in [2.75, 3.05) is 0 Å². The number of unbranched alkanes of at least 4 members (excludes halogenated alkanes) is 2. The van der Waals surface area contributed by atoms with Crippen molar-refractivity contribution in [2.24, 2.45) is 0 Å². The zero-order chi connectivity index (χ0) is 20.9. The number of halogens is 1. The summed E-state index contributed by atoms with van der Waals surface area (Å²) in [6.45, 7) is 4.43. The number of hydrogen-bond donors (Lipinski definition) is 0. The molecule has 3 aromatic carbocycles. The summed E-state index contributed by atoms with van der Waals surface area (Å²) in [7, 11) is 0. The number of hydrogen-bond acceptors (Lipinski definition) is 0. The van der Waals surface area contributed by atoms with E-state index in [1.807, 2.05) is 6.07 Å². The molecule has 1 saturated carbocycles. The van der Waals surface area contributed by atoms with Gasteiger partial charge in [0.2, 0.25) is 0 Å². The SMILES string of the molecule is CCCCc1ccc(-c2ccc(-c3ccc(CCCC)cc3)c(C3CC3)c2F)cc1. The number of benzene rings is 3. The van der Waals surface area contributed by atoms with E-state index in [0.29, 0.717) is 5.92 Å². The van der Waals surface area contributed by atoms with E-state index in [1.54, 1.807) is 0 Å². The van der Waals surface area contributed by atoms with Crippen LogP contribution in [0, 0.1) is 5.82 Å². The Balaban J connectivity index is 1.65. The standard InChI is InChI=1S/C29H33F/c1-3-5-7-21-9-13-23(14-10-21)26-19-20-27(29(30)28(26)25-17-18-25)24-15-11-22(12-16-24)8-6-4-2/h9-16,19-20,25H,3-8,17-18H2,1-2H3. The van der Waals surface area contributed by atoms with E-state index < -0.39 is 0 Å². The van der Waals surface area contributed by atoms with Crippen molar-refractivity contribution in [3.63, 3.8) is 0 Å². The maximum atomic E-state index is 15.7. The molecule has 0 aliphatic heterocycles. The third-order valence-corrected chi connectivity index (χ3v) is 6.33. The molecule has 1 heteroatoms. The molecule has 156 valence electrons. The summed E-state index contributed by atoms with van der Waals surface area (Å²) in [4.78, 5) is 0. The molecular formula is C29H33F. The Morgan fingerprint density at radius 2 is 1.13 bits per heavy atom. The molecule has 1 fully saturated rings. The second kappa shape index (κ2) is 9.60. The first-order valence-corrected chi connectivity index (χ1v) is 11.7. The van der Waals surface area contributed by atoms with Gasteiger partial charge in [0, 0.05) is 5.56 Å². The van der Waals surface area contributed by atoms with Crippen LogP contribution in [0.1, 0.15) is 75.0 Å². The Bertz CT molecular complexity index is 962. The minimum absolute atomic E-state index is 0.0219. The zero-order valence-electron chi connectivity index (χ0n) is 18.4. The third kappa shape index (κ3) is 4.67. The van der Waals surface area contributed by atoms with Crippen LogP contribution in [0.15, 0.2) is 60.7 Å². The van der Waals surface area contributed by atoms with Gasteiger partial charge in [0.05, 0.1) is 0 Å². The zero-order valence-corrected chi connectivity index (χ0v) is 18.4. The summed E-state index contributed by atoms with van der Waals surface area (Å²) in [6, 6.07) is 21.4. The fraction of sp³-hybridized carbons (Fsp3) is 0.379. The van der Waals surface area contributed by atoms with Crippen molar-refractivity contribution in [3.05, 3.63) is 83.2 Å². The largest absolute Gasteiger partial charge is 0.206 e. The fourth-order valence-corrected chi connectivity index (χ4v) is 4.30. The van der Waals surface area contributed by atoms with E-state index in [9.17, 15) is 0 Å². The molecule has 0 unspecified atom stereocenters. The monoisotopic (exact) mass is 400 g/mol. The van der Waals surface area contributed by atoms with Crippen LogP contribution >= 0.6 is 0 Å². The third-order valence-electron chi connectivity index (χ3n) is 6.33. The molecule has 30 heavy (non-hydrogen) atoms. The van der Waals surface area contributed by atoms with Crippen molar-refractivity contribution in [1.29, 1.82) is 0 Å². The van der Waals surface area contributed by atoms with Gasteiger partial charge in [0.1, 0.15) is 5.82 Å². The first kappa shape index (κ1) is 20.8. The van der Waals surface area contributed by atoms with Crippen LogP contribution in [0.3, 0.4) is 0 Å². The second-order valence-corrected chi connectivity index (χ2v) is 8.76. The van der Waals surface area contributed by atoms with Crippen molar-refractivity contribution in [3.8, 4) is 22.3 Å². The molecular weight excluding hydrogens is 367 g/mol. The molecule has 0 spiro atoms. The van der Waals surface area contributed by atoms with Crippen LogP contribution in [0.2, 0.25) is 0 Å². The normalized spacial score (nSPS) is 13.6. The predicted molar refractivity (Wildman–Crippen MR) is 126 cm³/mol. The van der Waals surface area contributed by atoms with Crippen molar-refractivity contribution in [1.82, 2.24) is 0 Å². The molecule has 0 N–H and O–H groups in total. The van der Waals surface area contributed by atoms with Gasteiger partial charge in [-0.25, -0.2) is 4.39 Å². The highest BCUT2D eigenvalue weighted by Gasteiger charge is 2.31. The molecule has 0 radical (unpaired) electrons. The van der Waals surface area contributed by atoms with E-state index in [4.69, 9.17) is 0 Å². The highest BCUT2D eigenvalue weighted by Crippen LogP contribution is 2.47. The van der Waals surface area contributed by atoms with Gasteiger partial charge in [0.25, 0.3) is 0 Å². The Kier molecular flexibility index (Phi) is 6.67. The Morgan fingerprint density at radius 3 is 1.60 bits per heavy atom. The molecule has 1 aliphatic rings. The van der Waals surface area contributed by atoms with E-state index in [2.05, 4.69) is 68.4 Å². The van der Waals surface area contributed by atoms with E-state index in [1.165, 1.54) is 36.8 Å². The lowest BCUT2D eigenvalue weighted by Gasteiger charge is -2.15.